The summed E-state index contributed by atoms with van der Waals surface area (Å²) >= 11 is 3.79. The molecule has 1 fully saturated rings. The van der Waals surface area contributed by atoms with Crippen LogP contribution < -0.4 is 0 Å². The lowest BCUT2D eigenvalue weighted by Gasteiger charge is -2.16. The molecule has 3 aromatic heterocycles. The Hall–Kier alpha value is -6.78. The third-order valence-corrected chi connectivity index (χ3v) is 15.0. The minimum Gasteiger partial charge on any atom is -0.456 e. The molecule has 3 heteroatoms. The van der Waals surface area contributed by atoms with Gasteiger partial charge in [-0.3, -0.25) is 0 Å². The molecule has 3 heterocycles. The second-order valence-electron chi connectivity index (χ2n) is 16.5. The van der Waals surface area contributed by atoms with Gasteiger partial charge in [-0.15, -0.1) is 22.7 Å². The number of benzene rings is 8. The van der Waals surface area contributed by atoms with Crippen molar-refractivity contribution in [2.45, 2.75) is 25.7 Å². The lowest BCUT2D eigenvalue weighted by molar-refractivity contribution is 0.669. The molecule has 12 rings (SSSR count). The van der Waals surface area contributed by atoms with Crippen molar-refractivity contribution < 1.29 is 4.42 Å². The predicted octanol–water partition coefficient (Wildman–Crippen LogP) is 17.9. The normalized spacial score (nSPS) is 13.4. The molecule has 0 atom stereocenters. The van der Waals surface area contributed by atoms with Gasteiger partial charge in [-0.1, -0.05) is 110 Å². The Balaban J connectivity index is 0.952. The van der Waals surface area contributed by atoms with Crippen molar-refractivity contribution in [2.24, 2.45) is 0 Å². The van der Waals surface area contributed by atoms with Gasteiger partial charge in [-0.25, -0.2) is 0 Å². The van der Waals surface area contributed by atoms with Gasteiger partial charge in [0.25, 0.3) is 0 Å². The first kappa shape index (κ1) is 36.1. The van der Waals surface area contributed by atoms with Crippen LogP contribution in [-0.4, -0.2) is 0 Å². The van der Waals surface area contributed by atoms with Gasteiger partial charge in [0.05, 0.1) is 0 Å². The average molecular weight is 817 g/mol. The zero-order valence-electron chi connectivity index (χ0n) is 33.8. The quantitative estimate of drug-likeness (QED) is 0.139. The van der Waals surface area contributed by atoms with E-state index in [9.17, 15) is 0 Å². The van der Waals surface area contributed by atoms with Crippen molar-refractivity contribution in [2.75, 3.05) is 0 Å². The van der Waals surface area contributed by atoms with Gasteiger partial charge in [0.15, 0.2) is 0 Å². The molecule has 11 aromatic rings. The highest BCUT2D eigenvalue weighted by Gasteiger charge is 2.27. The van der Waals surface area contributed by atoms with Crippen LogP contribution in [0.4, 0.5) is 0 Å². The number of aryl methyl sites for hydroxylation is 1. The van der Waals surface area contributed by atoms with Crippen LogP contribution >= 0.6 is 22.7 Å². The van der Waals surface area contributed by atoms with Crippen LogP contribution in [0, 0.1) is 6.92 Å². The maximum atomic E-state index is 6.32. The molecule has 1 aliphatic carbocycles. The molecule has 0 bridgehead atoms. The van der Waals surface area contributed by atoms with E-state index >= 15 is 0 Å². The summed E-state index contributed by atoms with van der Waals surface area (Å²) in [5, 5.41) is 7.55. The van der Waals surface area contributed by atoms with Crippen LogP contribution in [0.3, 0.4) is 0 Å². The molecule has 0 unspecified atom stereocenters. The molecule has 0 amide bonds. The molecule has 0 radical (unpaired) electrons. The highest BCUT2D eigenvalue weighted by Crippen LogP contribution is 2.48. The maximum Gasteiger partial charge on any atom is 0.135 e. The van der Waals surface area contributed by atoms with E-state index in [1.807, 2.05) is 40.9 Å². The van der Waals surface area contributed by atoms with Gasteiger partial charge in [-0.2, -0.15) is 0 Å². The van der Waals surface area contributed by atoms with Gasteiger partial charge in [0, 0.05) is 51.1 Å². The number of allylic oxidation sites excluding steroid dienone is 4. The van der Waals surface area contributed by atoms with Crippen molar-refractivity contribution >= 4 is 90.5 Å². The third kappa shape index (κ3) is 6.11. The van der Waals surface area contributed by atoms with Crippen LogP contribution in [0.5, 0.6) is 0 Å². The standard InChI is InChI=1S/C58H40OS2/c1-4-9-35(5-2)38-13-12-34(3)45(26-38)46-27-40(16-21-44(46)37-14-15-37)42-19-24-55-49(30-42)51-32-52-50-31-43(20-25-56(50)61-58(52)33-57(51)60-55)41-18-23-54-48(29-41)47-28-39(17-22-53(47)59-54)36-10-7-6-8-11-36/h4-13,16-33,37H,1-2,14-15H2,3H3/b35-9+. The van der Waals surface area contributed by atoms with E-state index in [0.29, 0.717) is 5.92 Å². The van der Waals surface area contributed by atoms with Crippen molar-refractivity contribution in [1.82, 2.24) is 0 Å². The summed E-state index contributed by atoms with van der Waals surface area (Å²) in [6.45, 7) is 10.3. The molecule has 8 aromatic carbocycles. The fourth-order valence-corrected chi connectivity index (χ4v) is 11.7. The lowest BCUT2D eigenvalue weighted by atomic mass is 9.88. The van der Waals surface area contributed by atoms with Crippen LogP contribution in [0.25, 0.3) is 112 Å². The van der Waals surface area contributed by atoms with Gasteiger partial charge in [0.1, 0.15) is 11.2 Å². The fraction of sp³-hybridized carbons (Fsp3) is 0.0690. The minimum absolute atomic E-state index is 0.628. The lowest BCUT2D eigenvalue weighted by Crippen LogP contribution is -1.93. The number of furan rings is 1. The molecule has 0 N–H and O–H groups in total. The molecule has 1 saturated carbocycles. The van der Waals surface area contributed by atoms with Crippen molar-refractivity contribution in [3.63, 3.8) is 0 Å². The molecule has 1 nitrogen and oxygen atoms in total. The van der Waals surface area contributed by atoms with Crippen molar-refractivity contribution in [3.05, 3.63) is 200 Å². The fourth-order valence-electron chi connectivity index (χ4n) is 9.39. The summed E-state index contributed by atoms with van der Waals surface area (Å²) in [6.07, 6.45) is 8.31. The number of thiophene rings is 2. The van der Waals surface area contributed by atoms with Crippen LogP contribution in [-0.2, 0) is 0 Å². The Kier molecular flexibility index (Phi) is 8.38. The van der Waals surface area contributed by atoms with E-state index in [0.717, 1.165) is 27.5 Å². The van der Waals surface area contributed by atoms with Gasteiger partial charge < -0.3 is 4.42 Å². The van der Waals surface area contributed by atoms with E-state index in [1.165, 1.54) is 114 Å². The molecular formula is C58H40OS2. The molecule has 0 spiro atoms. The van der Waals surface area contributed by atoms with Gasteiger partial charge in [-0.05, 0) is 165 Å². The van der Waals surface area contributed by atoms with Crippen molar-refractivity contribution in [3.8, 4) is 44.5 Å². The second-order valence-corrected chi connectivity index (χ2v) is 18.7. The smallest absolute Gasteiger partial charge is 0.135 e. The largest absolute Gasteiger partial charge is 0.456 e. The summed E-state index contributed by atoms with van der Waals surface area (Å²) < 4.78 is 11.6. The SMILES string of the molecule is C=C/C=C(\C=C)c1ccc(C)c(-c2cc(-c3ccc4sc5cc6sc7ccc(-c8ccc9oc%10ccc(-c%11ccccc%11)cc%10c9c8)cc7c6cc5c4c3)ccc2C2CC2)c1. The average Bonchev–Trinajstić information content (AvgIpc) is 3.87. The van der Waals surface area contributed by atoms with E-state index in [1.54, 1.807) is 0 Å². The van der Waals surface area contributed by atoms with Crippen LogP contribution in [0.15, 0.2) is 187 Å². The Morgan fingerprint density at radius 2 is 1.07 bits per heavy atom. The Bertz CT molecular complexity index is 3640. The maximum absolute atomic E-state index is 6.32. The van der Waals surface area contributed by atoms with E-state index in [4.69, 9.17) is 4.42 Å². The highest BCUT2D eigenvalue weighted by atomic mass is 32.1. The van der Waals surface area contributed by atoms with Crippen LogP contribution in [0.1, 0.15) is 35.4 Å². The number of hydrogen-bond acceptors (Lipinski definition) is 3. The summed E-state index contributed by atoms with van der Waals surface area (Å²) in [5.41, 5.74) is 16.8. The summed E-state index contributed by atoms with van der Waals surface area (Å²) in [5.74, 6) is 0.628. The molecule has 0 saturated heterocycles. The number of rotatable bonds is 8. The third-order valence-electron chi connectivity index (χ3n) is 12.8. The topological polar surface area (TPSA) is 13.1 Å². The first-order chi connectivity index (χ1) is 30.0. The summed E-state index contributed by atoms with van der Waals surface area (Å²) in [4.78, 5) is 0. The molecule has 61 heavy (non-hydrogen) atoms. The second kappa shape index (κ2) is 14.2. The zero-order valence-corrected chi connectivity index (χ0v) is 35.4. The molecule has 290 valence electrons. The molecule has 0 aliphatic heterocycles. The van der Waals surface area contributed by atoms with Crippen LogP contribution in [0.2, 0.25) is 0 Å². The van der Waals surface area contributed by atoms with E-state index in [-0.39, 0.29) is 0 Å². The summed E-state index contributed by atoms with van der Waals surface area (Å²) in [7, 11) is 0. The zero-order chi connectivity index (χ0) is 40.8. The molecular weight excluding hydrogens is 777 g/mol. The van der Waals surface area contributed by atoms with Gasteiger partial charge in [0.2, 0.25) is 0 Å². The van der Waals surface area contributed by atoms with E-state index in [2.05, 4.69) is 172 Å². The Morgan fingerprint density at radius 1 is 0.508 bits per heavy atom. The highest BCUT2D eigenvalue weighted by molar-refractivity contribution is 7.28. The first-order valence-corrected chi connectivity index (χ1v) is 22.7. The van der Waals surface area contributed by atoms with Crippen molar-refractivity contribution in [1.29, 1.82) is 0 Å². The Labute approximate surface area is 362 Å². The molecule has 1 aliphatic rings. The first-order valence-electron chi connectivity index (χ1n) is 21.1. The predicted molar refractivity (Wildman–Crippen MR) is 266 cm³/mol. The summed E-state index contributed by atoms with van der Waals surface area (Å²) in [6, 6.07) is 56.6. The number of hydrogen-bond donors (Lipinski definition) is 0. The van der Waals surface area contributed by atoms with E-state index < -0.39 is 0 Å². The van der Waals surface area contributed by atoms with Gasteiger partial charge >= 0.3 is 0 Å². The number of fused-ring (bicyclic) bond motifs is 9. The minimum atomic E-state index is 0.628. The Morgan fingerprint density at radius 3 is 1.67 bits per heavy atom. The monoisotopic (exact) mass is 816 g/mol.